The number of hydrogen-bond donors (Lipinski definition) is 1. The molecule has 1 fully saturated rings. The Bertz CT molecular complexity index is 1090. The Hall–Kier alpha value is -3.49. The minimum absolute atomic E-state index is 0.139. The minimum atomic E-state index is -0.648. The van der Waals surface area contributed by atoms with E-state index in [0.29, 0.717) is 22.9 Å². The summed E-state index contributed by atoms with van der Waals surface area (Å²) >= 11 is 0. The van der Waals surface area contributed by atoms with E-state index < -0.39 is 11.7 Å². The highest BCUT2D eigenvalue weighted by molar-refractivity contribution is 5.93. The lowest BCUT2D eigenvalue weighted by Crippen LogP contribution is -2.11. The van der Waals surface area contributed by atoms with E-state index in [1.54, 1.807) is 6.07 Å². The van der Waals surface area contributed by atoms with E-state index in [4.69, 9.17) is 15.2 Å². The van der Waals surface area contributed by atoms with Gasteiger partial charge in [0, 0.05) is 35.5 Å². The second-order valence-corrected chi connectivity index (χ2v) is 7.41. The summed E-state index contributed by atoms with van der Waals surface area (Å²) < 4.78 is 38.9. The summed E-state index contributed by atoms with van der Waals surface area (Å²) in [6.45, 7) is 0.916. The van der Waals surface area contributed by atoms with Gasteiger partial charge in [-0.25, -0.2) is 13.8 Å². The smallest absolute Gasteiger partial charge is 0.248 e. The fraction of sp³-hybridized carbons (Fsp3) is 0.318. The highest BCUT2D eigenvalue weighted by atomic mass is 19.1. The quantitative estimate of drug-likeness (QED) is 0.672. The summed E-state index contributed by atoms with van der Waals surface area (Å²) in [6.07, 6.45) is 5.45. The molecule has 0 unspecified atom stereocenters. The zero-order valence-electron chi connectivity index (χ0n) is 17.0. The zero-order valence-corrected chi connectivity index (χ0v) is 17.0. The number of nitrogens with zero attached hydrogens (tertiary/aromatic N) is 3. The topological polar surface area (TPSA) is 92.3 Å². The van der Waals surface area contributed by atoms with Gasteiger partial charge in [-0.15, -0.1) is 0 Å². The maximum Gasteiger partial charge on any atom is 0.248 e. The lowest BCUT2D eigenvalue weighted by molar-refractivity contribution is 0.0999. The van der Waals surface area contributed by atoms with Crippen LogP contribution in [0.25, 0.3) is 11.3 Å². The monoisotopic (exact) mass is 428 g/mol. The summed E-state index contributed by atoms with van der Waals surface area (Å²) in [4.78, 5) is 14.6. The number of primary amides is 1. The average Bonchev–Trinajstić information content (AvgIpc) is 3.29. The van der Waals surface area contributed by atoms with Gasteiger partial charge in [0.2, 0.25) is 11.8 Å². The van der Waals surface area contributed by atoms with Gasteiger partial charge in [0.25, 0.3) is 0 Å². The number of rotatable bonds is 5. The van der Waals surface area contributed by atoms with Crippen LogP contribution in [0.1, 0.15) is 35.3 Å². The van der Waals surface area contributed by atoms with Crippen molar-refractivity contribution in [1.82, 2.24) is 14.8 Å². The molecule has 0 saturated heterocycles. The van der Waals surface area contributed by atoms with Gasteiger partial charge in [-0.05, 0) is 43.9 Å². The first-order valence-electron chi connectivity index (χ1n) is 9.96. The minimum Gasteiger partial charge on any atom is -0.490 e. The van der Waals surface area contributed by atoms with Gasteiger partial charge >= 0.3 is 0 Å². The van der Waals surface area contributed by atoms with Crippen LogP contribution in [0.5, 0.6) is 11.6 Å². The van der Waals surface area contributed by atoms with Crippen molar-refractivity contribution in [3.05, 3.63) is 59.4 Å². The number of methoxy groups -OCH3 is 1. The third-order valence-corrected chi connectivity index (χ3v) is 4.96. The van der Waals surface area contributed by atoms with Crippen LogP contribution in [0.3, 0.4) is 0 Å². The first-order valence-corrected chi connectivity index (χ1v) is 9.96. The van der Waals surface area contributed by atoms with Gasteiger partial charge in [-0.2, -0.15) is 5.10 Å². The maximum atomic E-state index is 13.7. The van der Waals surface area contributed by atoms with E-state index >= 15 is 0 Å². The van der Waals surface area contributed by atoms with Crippen molar-refractivity contribution in [1.29, 1.82) is 0 Å². The molecule has 7 nitrogen and oxygen atoms in total. The Kier molecular flexibility index (Phi) is 5.83. The summed E-state index contributed by atoms with van der Waals surface area (Å²) in [5.74, 6) is -0.750. The van der Waals surface area contributed by atoms with Gasteiger partial charge in [-0.3, -0.25) is 9.48 Å². The SMILES string of the molecule is COc1cc(-c2cc3n(n2)CCC3)c(F)cn1.NC(=O)c1cc(F)cc(OC2CC2)c1. The van der Waals surface area contributed by atoms with Crippen molar-refractivity contribution in [2.75, 3.05) is 7.11 Å². The number of hydrogen-bond acceptors (Lipinski definition) is 5. The molecule has 3 aromatic rings. The Morgan fingerprint density at radius 2 is 2.00 bits per heavy atom. The molecule has 0 spiro atoms. The third-order valence-electron chi connectivity index (χ3n) is 4.96. The van der Waals surface area contributed by atoms with Crippen molar-refractivity contribution in [3.63, 3.8) is 0 Å². The highest BCUT2D eigenvalue weighted by Gasteiger charge is 2.24. The molecule has 2 aliphatic rings. The number of carbonyl (C=O) groups excluding carboxylic acids is 1. The van der Waals surface area contributed by atoms with Crippen LogP contribution in [0.4, 0.5) is 8.78 Å². The van der Waals surface area contributed by atoms with E-state index in [-0.39, 0.29) is 17.5 Å². The second-order valence-electron chi connectivity index (χ2n) is 7.41. The summed E-state index contributed by atoms with van der Waals surface area (Å²) in [6, 6.07) is 7.33. The molecule has 162 valence electrons. The number of halogens is 2. The zero-order chi connectivity index (χ0) is 22.0. The molecule has 31 heavy (non-hydrogen) atoms. The molecule has 2 aromatic heterocycles. The Morgan fingerprint density at radius 3 is 2.68 bits per heavy atom. The van der Waals surface area contributed by atoms with Gasteiger partial charge in [0.1, 0.15) is 11.6 Å². The second kappa shape index (κ2) is 8.71. The third kappa shape index (κ3) is 4.99. The number of aromatic nitrogens is 3. The van der Waals surface area contributed by atoms with E-state index in [1.165, 1.54) is 25.4 Å². The van der Waals surface area contributed by atoms with Gasteiger partial charge in [0.05, 0.1) is 25.1 Å². The number of pyridine rings is 1. The Balaban J connectivity index is 0.000000152. The number of benzene rings is 1. The van der Waals surface area contributed by atoms with Crippen molar-refractivity contribution in [2.45, 2.75) is 38.3 Å². The average molecular weight is 428 g/mol. The normalized spacial score (nSPS) is 14.4. The molecule has 0 radical (unpaired) electrons. The molecule has 1 aliphatic carbocycles. The van der Waals surface area contributed by atoms with Crippen molar-refractivity contribution in [3.8, 4) is 22.9 Å². The number of aryl methyl sites for hydroxylation is 2. The Morgan fingerprint density at radius 1 is 1.19 bits per heavy atom. The first kappa shape index (κ1) is 20.8. The maximum absolute atomic E-state index is 13.7. The van der Waals surface area contributed by atoms with Crippen LogP contribution in [0.2, 0.25) is 0 Å². The molecule has 1 aliphatic heterocycles. The molecule has 0 atom stereocenters. The van der Waals surface area contributed by atoms with Crippen LogP contribution in [0.15, 0.2) is 36.5 Å². The summed E-state index contributed by atoms with van der Waals surface area (Å²) in [5.41, 5.74) is 7.43. The van der Waals surface area contributed by atoms with E-state index in [0.717, 1.165) is 44.0 Å². The van der Waals surface area contributed by atoms with Gasteiger partial charge < -0.3 is 15.2 Å². The molecule has 1 amide bonds. The van der Waals surface area contributed by atoms with Crippen LogP contribution < -0.4 is 15.2 Å². The summed E-state index contributed by atoms with van der Waals surface area (Å²) in [5, 5.41) is 4.39. The molecule has 0 bridgehead atoms. The number of nitrogens with two attached hydrogens (primary N) is 1. The van der Waals surface area contributed by atoms with E-state index in [9.17, 15) is 13.6 Å². The first-order chi connectivity index (χ1) is 14.9. The van der Waals surface area contributed by atoms with Gasteiger partial charge in [-0.1, -0.05) is 0 Å². The van der Waals surface area contributed by atoms with Crippen LogP contribution in [-0.2, 0) is 13.0 Å². The standard InChI is InChI=1S/C12H12FN3O.C10H10FNO2/c1-17-12-6-9(10(13)7-14-12)11-5-8-3-2-4-16(8)15-11;11-7-3-6(10(12)13)4-9(5-7)14-8-1-2-8/h5-7H,2-4H2,1H3;3-5,8H,1-2H2,(H2,12,13). The molecular weight excluding hydrogens is 406 g/mol. The highest BCUT2D eigenvalue weighted by Crippen LogP contribution is 2.28. The van der Waals surface area contributed by atoms with Crippen LogP contribution >= 0.6 is 0 Å². The lowest BCUT2D eigenvalue weighted by atomic mass is 10.1. The van der Waals surface area contributed by atoms with Crippen molar-refractivity contribution in [2.24, 2.45) is 5.73 Å². The molecular formula is C22H22F2N4O3. The molecule has 1 saturated carbocycles. The number of amides is 1. The van der Waals surface area contributed by atoms with Crippen molar-refractivity contribution < 1.29 is 23.0 Å². The molecule has 3 heterocycles. The largest absolute Gasteiger partial charge is 0.490 e. The fourth-order valence-electron chi connectivity index (χ4n) is 3.27. The molecule has 9 heteroatoms. The predicted molar refractivity (Wildman–Crippen MR) is 109 cm³/mol. The van der Waals surface area contributed by atoms with Crippen LogP contribution in [-0.4, -0.2) is 33.9 Å². The van der Waals surface area contributed by atoms with Crippen LogP contribution in [0, 0.1) is 11.6 Å². The van der Waals surface area contributed by atoms with E-state index in [1.807, 2.05) is 10.7 Å². The number of ether oxygens (including phenoxy) is 2. The van der Waals surface area contributed by atoms with E-state index in [2.05, 4.69) is 10.1 Å². The van der Waals surface area contributed by atoms with Crippen molar-refractivity contribution >= 4 is 5.91 Å². The number of carbonyl (C=O) groups is 1. The number of fused-ring (bicyclic) bond motifs is 1. The molecule has 1 aromatic carbocycles. The van der Waals surface area contributed by atoms with Gasteiger partial charge in [0.15, 0.2) is 5.82 Å². The fourth-order valence-corrected chi connectivity index (χ4v) is 3.27. The lowest BCUT2D eigenvalue weighted by Gasteiger charge is -2.05. The summed E-state index contributed by atoms with van der Waals surface area (Å²) in [7, 11) is 1.51. The Labute approximate surface area is 177 Å². The molecule has 5 rings (SSSR count). The molecule has 2 N–H and O–H groups in total. The predicted octanol–water partition coefficient (Wildman–Crippen LogP) is 3.50.